The summed E-state index contributed by atoms with van der Waals surface area (Å²) < 4.78 is 4.95. The number of rotatable bonds is 10. The molecule has 6 heteroatoms. The van der Waals surface area contributed by atoms with Crippen LogP contribution in [0, 0.1) is 0 Å². The predicted octanol–water partition coefficient (Wildman–Crippen LogP) is 0.965. The highest BCUT2D eigenvalue weighted by atomic mass is 32.2. The van der Waals surface area contributed by atoms with Crippen LogP contribution < -0.4 is 16.6 Å². The maximum absolute atomic E-state index is 5.37. The minimum atomic E-state index is 0.672. The number of guanidine groups is 1. The van der Waals surface area contributed by atoms with Crippen LogP contribution in [0.15, 0.2) is 4.99 Å². The number of hydrazine groups is 1. The number of nitrogens with one attached hydrogen (secondary N) is 2. The lowest BCUT2D eigenvalue weighted by atomic mass is 10.2. The first kappa shape index (κ1) is 16.5. The Balaban J connectivity index is 3.46. The number of aliphatic imine (C=N–C) groups is 1. The summed E-state index contributed by atoms with van der Waals surface area (Å²) in [5, 5.41) is 3.19. The summed E-state index contributed by atoms with van der Waals surface area (Å²) in [6, 6.07) is 0. The molecule has 0 bridgehead atoms. The minimum absolute atomic E-state index is 0.672. The third kappa shape index (κ3) is 11.8. The van der Waals surface area contributed by atoms with E-state index in [1.807, 2.05) is 11.8 Å². The standard InChI is InChI=1S/C11H26N4OS/c1-16-9-6-8-14-11(15-12)13-7-4-3-5-10-17-2/h3-10,12H2,1-2H3,(H2,13,14,15). The van der Waals surface area contributed by atoms with Crippen LogP contribution in [0.1, 0.15) is 25.7 Å². The van der Waals surface area contributed by atoms with E-state index in [9.17, 15) is 0 Å². The summed E-state index contributed by atoms with van der Waals surface area (Å²) in [5.41, 5.74) is 2.58. The van der Waals surface area contributed by atoms with Gasteiger partial charge in [0, 0.05) is 26.8 Å². The molecule has 102 valence electrons. The van der Waals surface area contributed by atoms with Gasteiger partial charge in [-0.05, 0) is 31.3 Å². The summed E-state index contributed by atoms with van der Waals surface area (Å²) in [7, 11) is 1.69. The fraction of sp³-hybridized carbons (Fsp3) is 0.909. The van der Waals surface area contributed by atoms with Crippen LogP contribution in [0.3, 0.4) is 0 Å². The summed E-state index contributed by atoms with van der Waals surface area (Å²) in [6.45, 7) is 2.38. The number of unbranched alkanes of at least 4 members (excludes halogenated alkanes) is 2. The van der Waals surface area contributed by atoms with Gasteiger partial charge >= 0.3 is 0 Å². The number of methoxy groups -OCH3 is 1. The van der Waals surface area contributed by atoms with E-state index in [4.69, 9.17) is 10.6 Å². The zero-order chi connectivity index (χ0) is 12.8. The average Bonchev–Trinajstić information content (AvgIpc) is 2.36. The Morgan fingerprint density at radius 2 is 2.12 bits per heavy atom. The van der Waals surface area contributed by atoms with Crippen LogP contribution in [-0.4, -0.2) is 44.8 Å². The van der Waals surface area contributed by atoms with E-state index < -0.39 is 0 Å². The highest BCUT2D eigenvalue weighted by Gasteiger charge is 1.95. The van der Waals surface area contributed by atoms with Crippen molar-refractivity contribution in [2.75, 3.05) is 38.8 Å². The van der Waals surface area contributed by atoms with Crippen LogP contribution in [0.4, 0.5) is 0 Å². The van der Waals surface area contributed by atoms with Crippen molar-refractivity contribution >= 4 is 17.7 Å². The van der Waals surface area contributed by atoms with Crippen molar-refractivity contribution in [3.63, 3.8) is 0 Å². The summed E-state index contributed by atoms with van der Waals surface area (Å²) in [4.78, 5) is 4.30. The van der Waals surface area contributed by atoms with Gasteiger partial charge in [-0.25, -0.2) is 5.84 Å². The number of nitrogens with zero attached hydrogens (tertiary/aromatic N) is 1. The lowest BCUT2D eigenvalue weighted by Gasteiger charge is -2.08. The van der Waals surface area contributed by atoms with Crippen LogP contribution >= 0.6 is 11.8 Å². The molecule has 4 N–H and O–H groups in total. The predicted molar refractivity (Wildman–Crippen MR) is 76.4 cm³/mol. The molecular weight excluding hydrogens is 236 g/mol. The van der Waals surface area contributed by atoms with Gasteiger partial charge in [-0.3, -0.25) is 10.4 Å². The van der Waals surface area contributed by atoms with E-state index in [1.165, 1.54) is 18.6 Å². The molecule has 0 aliphatic rings. The number of nitrogens with two attached hydrogens (primary N) is 1. The highest BCUT2D eigenvalue weighted by Crippen LogP contribution is 2.01. The van der Waals surface area contributed by atoms with Crippen LogP contribution in [0.5, 0.6) is 0 Å². The molecular formula is C11H26N4OS. The molecule has 0 saturated heterocycles. The van der Waals surface area contributed by atoms with Crippen molar-refractivity contribution in [3.05, 3.63) is 0 Å². The van der Waals surface area contributed by atoms with Gasteiger partial charge in [0.15, 0.2) is 0 Å². The molecule has 5 nitrogen and oxygen atoms in total. The van der Waals surface area contributed by atoms with E-state index in [1.54, 1.807) is 7.11 Å². The normalized spacial score (nSPS) is 11.6. The van der Waals surface area contributed by atoms with Crippen molar-refractivity contribution in [2.24, 2.45) is 10.8 Å². The minimum Gasteiger partial charge on any atom is -0.385 e. The third-order valence-electron chi connectivity index (χ3n) is 2.23. The molecule has 0 heterocycles. The molecule has 0 atom stereocenters. The lowest BCUT2D eigenvalue weighted by Crippen LogP contribution is -2.42. The summed E-state index contributed by atoms with van der Waals surface area (Å²) >= 11 is 1.90. The van der Waals surface area contributed by atoms with E-state index in [0.29, 0.717) is 5.96 Å². The number of ether oxygens (including phenoxy) is 1. The van der Waals surface area contributed by atoms with Crippen LogP contribution in [-0.2, 0) is 4.74 Å². The van der Waals surface area contributed by atoms with E-state index in [0.717, 1.165) is 32.5 Å². The second-order valence-corrected chi connectivity index (χ2v) is 4.69. The molecule has 0 unspecified atom stereocenters. The molecule has 0 saturated carbocycles. The lowest BCUT2D eigenvalue weighted by molar-refractivity contribution is 0.197. The Bertz CT molecular complexity index is 190. The molecule has 0 aromatic rings. The fourth-order valence-corrected chi connectivity index (χ4v) is 1.80. The quantitative estimate of drug-likeness (QED) is 0.180. The van der Waals surface area contributed by atoms with Gasteiger partial charge in [0.1, 0.15) is 0 Å². The molecule has 0 rings (SSSR count). The third-order valence-corrected chi connectivity index (χ3v) is 2.93. The number of hydrogen-bond acceptors (Lipinski definition) is 4. The van der Waals surface area contributed by atoms with Gasteiger partial charge in [-0.15, -0.1) is 0 Å². The second kappa shape index (κ2) is 13.6. The SMILES string of the molecule is COCCCN=C(NN)NCCCCCSC. The molecule has 0 aliphatic heterocycles. The first-order valence-electron chi connectivity index (χ1n) is 6.08. The first-order chi connectivity index (χ1) is 8.35. The first-order valence-corrected chi connectivity index (χ1v) is 7.47. The number of hydrogen-bond donors (Lipinski definition) is 3. The zero-order valence-corrected chi connectivity index (χ0v) is 11.8. The molecule has 0 aromatic heterocycles. The number of thioether (sulfide) groups is 1. The van der Waals surface area contributed by atoms with Gasteiger partial charge in [0.05, 0.1) is 0 Å². The topological polar surface area (TPSA) is 71.7 Å². The van der Waals surface area contributed by atoms with Gasteiger partial charge in [0.2, 0.25) is 5.96 Å². The second-order valence-electron chi connectivity index (χ2n) is 3.70. The molecule has 17 heavy (non-hydrogen) atoms. The zero-order valence-electron chi connectivity index (χ0n) is 11.0. The molecule has 0 fully saturated rings. The van der Waals surface area contributed by atoms with Crippen molar-refractivity contribution in [1.29, 1.82) is 0 Å². The summed E-state index contributed by atoms with van der Waals surface area (Å²) in [5.74, 6) is 7.29. The van der Waals surface area contributed by atoms with E-state index in [2.05, 4.69) is 22.0 Å². The summed E-state index contributed by atoms with van der Waals surface area (Å²) in [6.07, 6.45) is 6.73. The Morgan fingerprint density at radius 1 is 1.29 bits per heavy atom. The van der Waals surface area contributed by atoms with Crippen molar-refractivity contribution in [2.45, 2.75) is 25.7 Å². The maximum atomic E-state index is 5.37. The Hall–Kier alpha value is -0.460. The van der Waals surface area contributed by atoms with Gasteiger partial charge < -0.3 is 10.1 Å². The van der Waals surface area contributed by atoms with Crippen molar-refractivity contribution in [1.82, 2.24) is 10.7 Å². The molecule has 0 radical (unpaired) electrons. The average molecular weight is 262 g/mol. The van der Waals surface area contributed by atoms with Crippen LogP contribution in [0.2, 0.25) is 0 Å². The van der Waals surface area contributed by atoms with Crippen molar-refractivity contribution in [3.8, 4) is 0 Å². The van der Waals surface area contributed by atoms with Crippen molar-refractivity contribution < 1.29 is 4.74 Å². The van der Waals surface area contributed by atoms with Gasteiger partial charge in [-0.2, -0.15) is 11.8 Å². The smallest absolute Gasteiger partial charge is 0.205 e. The molecule has 0 aliphatic carbocycles. The molecule has 0 amide bonds. The maximum Gasteiger partial charge on any atom is 0.205 e. The molecule has 0 spiro atoms. The molecule has 0 aromatic carbocycles. The Morgan fingerprint density at radius 3 is 2.76 bits per heavy atom. The van der Waals surface area contributed by atoms with Gasteiger partial charge in [-0.1, -0.05) is 6.42 Å². The largest absolute Gasteiger partial charge is 0.385 e. The van der Waals surface area contributed by atoms with Crippen LogP contribution in [0.25, 0.3) is 0 Å². The van der Waals surface area contributed by atoms with Gasteiger partial charge in [0.25, 0.3) is 0 Å². The fourth-order valence-electron chi connectivity index (χ4n) is 1.31. The Kier molecular flexibility index (Phi) is 13.2. The van der Waals surface area contributed by atoms with E-state index in [-0.39, 0.29) is 0 Å². The van der Waals surface area contributed by atoms with E-state index >= 15 is 0 Å². The monoisotopic (exact) mass is 262 g/mol. The highest BCUT2D eigenvalue weighted by molar-refractivity contribution is 7.98. The Labute approximate surface area is 109 Å².